The molecule has 0 fully saturated rings. The van der Waals surface area contributed by atoms with Gasteiger partial charge in [0.1, 0.15) is 11.5 Å². The van der Waals surface area contributed by atoms with E-state index in [9.17, 15) is 4.57 Å². The van der Waals surface area contributed by atoms with Gasteiger partial charge in [-0.05, 0) is 57.2 Å². The van der Waals surface area contributed by atoms with Gasteiger partial charge in [0.05, 0.1) is 0 Å². The molecule has 0 amide bonds. The smallest absolute Gasteiger partial charge is 0.408 e. The average Bonchev–Trinajstić information content (AvgIpc) is 2.61. The van der Waals surface area contributed by atoms with Crippen LogP contribution < -0.4 is 9.05 Å². The van der Waals surface area contributed by atoms with Crippen molar-refractivity contribution in [1.29, 1.82) is 0 Å². The van der Waals surface area contributed by atoms with Gasteiger partial charge in [-0.1, -0.05) is 53.1 Å². The first-order valence-electron chi connectivity index (χ1n) is 8.31. The molecule has 134 valence electrons. The minimum absolute atomic E-state index is 0.519. The van der Waals surface area contributed by atoms with Crippen molar-refractivity contribution in [2.75, 3.05) is 0 Å². The molecule has 0 aromatic heterocycles. The van der Waals surface area contributed by atoms with Crippen LogP contribution in [0.5, 0.6) is 11.5 Å². The Balaban J connectivity index is 1.88. The molecule has 0 N–H and O–H groups in total. The van der Waals surface area contributed by atoms with E-state index >= 15 is 0 Å². The minimum Gasteiger partial charge on any atom is -0.408 e. The molecule has 0 aliphatic rings. The normalized spacial score (nSPS) is 11.2. The molecule has 0 atom stereocenters. The molecule has 0 aliphatic carbocycles. The third-order valence-corrected chi connectivity index (χ3v) is 7.04. The first-order chi connectivity index (χ1) is 12.4. The van der Waals surface area contributed by atoms with E-state index in [0.717, 1.165) is 33.0 Å². The molecule has 0 unspecified atom stereocenters. The second-order valence-electron chi connectivity index (χ2n) is 6.16. The highest BCUT2D eigenvalue weighted by atomic mass is 32.7. The van der Waals surface area contributed by atoms with Crippen LogP contribution in [-0.4, -0.2) is 0 Å². The molecular weight excluding hydrogens is 363 g/mol. The molecular formula is C21H21O3PS. The Bertz CT molecular complexity index is 781. The fraction of sp³-hybridized carbons (Fsp3) is 0.143. The summed E-state index contributed by atoms with van der Waals surface area (Å²) in [5, 5.41) is 0. The quantitative estimate of drug-likeness (QED) is 0.430. The maximum Gasteiger partial charge on any atom is 0.497 e. The maximum absolute atomic E-state index is 13.5. The number of aryl methyl sites for hydroxylation is 3. The van der Waals surface area contributed by atoms with Gasteiger partial charge < -0.3 is 9.05 Å². The van der Waals surface area contributed by atoms with Crippen LogP contribution >= 0.6 is 18.2 Å². The lowest BCUT2D eigenvalue weighted by Gasteiger charge is -2.19. The van der Waals surface area contributed by atoms with Crippen molar-refractivity contribution >= 4 is 18.2 Å². The molecule has 0 aliphatic heterocycles. The molecule has 0 radical (unpaired) electrons. The molecule has 0 bridgehead atoms. The zero-order chi connectivity index (χ0) is 18.6. The van der Waals surface area contributed by atoms with Crippen LogP contribution in [0.1, 0.15) is 16.7 Å². The lowest BCUT2D eigenvalue weighted by atomic mass is 10.2. The average molecular weight is 384 g/mol. The van der Waals surface area contributed by atoms with Gasteiger partial charge in [-0.3, -0.25) is 0 Å². The molecule has 0 saturated carbocycles. The van der Waals surface area contributed by atoms with E-state index in [0.29, 0.717) is 11.5 Å². The van der Waals surface area contributed by atoms with Crippen LogP contribution in [0.15, 0.2) is 77.7 Å². The van der Waals surface area contributed by atoms with Crippen LogP contribution in [0.4, 0.5) is 0 Å². The monoisotopic (exact) mass is 384 g/mol. The van der Waals surface area contributed by atoms with Gasteiger partial charge in [0.15, 0.2) is 0 Å². The van der Waals surface area contributed by atoms with Crippen LogP contribution in [0, 0.1) is 20.8 Å². The molecule has 26 heavy (non-hydrogen) atoms. The highest BCUT2D eigenvalue weighted by Crippen LogP contribution is 2.62. The summed E-state index contributed by atoms with van der Waals surface area (Å²) < 4.78 is 25.1. The van der Waals surface area contributed by atoms with Crippen molar-refractivity contribution in [2.24, 2.45) is 0 Å². The van der Waals surface area contributed by atoms with Crippen molar-refractivity contribution in [2.45, 2.75) is 25.7 Å². The summed E-state index contributed by atoms with van der Waals surface area (Å²) in [5.41, 5.74) is 3.36. The Hall–Kier alpha value is -2.16. The lowest BCUT2D eigenvalue weighted by molar-refractivity contribution is 0.408. The van der Waals surface area contributed by atoms with Crippen molar-refractivity contribution in [3.05, 3.63) is 89.5 Å². The zero-order valence-corrected chi connectivity index (χ0v) is 16.7. The standard InChI is InChI=1S/C21H21O3PS/c1-16-4-10-19(11-5-16)23-25(22,24-20-12-6-17(2)7-13-20)26-21-14-8-18(3)9-15-21/h4-15H,1-3H3. The summed E-state index contributed by atoms with van der Waals surface area (Å²) in [6, 6.07) is 22.7. The molecule has 3 nitrogen and oxygen atoms in total. The van der Waals surface area contributed by atoms with Crippen molar-refractivity contribution in [3.63, 3.8) is 0 Å². The summed E-state index contributed by atoms with van der Waals surface area (Å²) >= 11 is 1.11. The topological polar surface area (TPSA) is 35.5 Å². The van der Waals surface area contributed by atoms with Gasteiger partial charge in [0, 0.05) is 16.3 Å². The first kappa shape index (κ1) is 18.6. The van der Waals surface area contributed by atoms with E-state index in [1.54, 1.807) is 24.3 Å². The summed E-state index contributed by atoms with van der Waals surface area (Å²) in [4.78, 5) is 0.832. The predicted octanol–water partition coefficient (Wildman–Crippen LogP) is 6.97. The Morgan fingerprint density at radius 3 is 1.35 bits per heavy atom. The SMILES string of the molecule is Cc1ccc(OP(=O)(Oc2ccc(C)cc2)Sc2ccc(C)cc2)cc1. The highest BCUT2D eigenvalue weighted by molar-refractivity contribution is 8.55. The van der Waals surface area contributed by atoms with E-state index in [2.05, 4.69) is 0 Å². The van der Waals surface area contributed by atoms with Gasteiger partial charge in [-0.2, -0.15) is 0 Å². The third kappa shape index (κ3) is 5.17. The molecule has 3 aromatic rings. The van der Waals surface area contributed by atoms with Crippen molar-refractivity contribution < 1.29 is 13.6 Å². The van der Waals surface area contributed by atoms with Crippen LogP contribution in [-0.2, 0) is 4.57 Å². The van der Waals surface area contributed by atoms with Crippen LogP contribution in [0.3, 0.4) is 0 Å². The fourth-order valence-electron chi connectivity index (χ4n) is 2.24. The molecule has 5 heteroatoms. The van der Waals surface area contributed by atoms with Crippen molar-refractivity contribution in [1.82, 2.24) is 0 Å². The zero-order valence-electron chi connectivity index (χ0n) is 15.0. The number of benzene rings is 3. The van der Waals surface area contributed by atoms with Gasteiger partial charge in [-0.15, -0.1) is 0 Å². The molecule has 0 spiro atoms. The third-order valence-electron chi connectivity index (χ3n) is 3.71. The first-order valence-corrected chi connectivity index (χ1v) is 11.3. The summed E-state index contributed by atoms with van der Waals surface area (Å²) in [7, 11) is 0. The van der Waals surface area contributed by atoms with Gasteiger partial charge in [0.25, 0.3) is 0 Å². The van der Waals surface area contributed by atoms with Gasteiger partial charge >= 0.3 is 6.80 Å². The van der Waals surface area contributed by atoms with E-state index in [-0.39, 0.29) is 0 Å². The lowest BCUT2D eigenvalue weighted by Crippen LogP contribution is -1.98. The summed E-state index contributed by atoms with van der Waals surface area (Å²) in [6.07, 6.45) is 0. The second kappa shape index (κ2) is 8.03. The molecule has 0 saturated heterocycles. The molecule has 3 rings (SSSR count). The Labute approximate surface area is 158 Å². The Kier molecular flexibility index (Phi) is 5.75. The Morgan fingerprint density at radius 2 is 0.962 bits per heavy atom. The van der Waals surface area contributed by atoms with E-state index in [4.69, 9.17) is 9.05 Å². The van der Waals surface area contributed by atoms with Crippen LogP contribution in [0.2, 0.25) is 0 Å². The van der Waals surface area contributed by atoms with Crippen LogP contribution in [0.25, 0.3) is 0 Å². The van der Waals surface area contributed by atoms with E-state index in [1.807, 2.05) is 69.3 Å². The van der Waals surface area contributed by atoms with E-state index < -0.39 is 6.80 Å². The highest BCUT2D eigenvalue weighted by Gasteiger charge is 2.30. The van der Waals surface area contributed by atoms with Gasteiger partial charge in [-0.25, -0.2) is 4.57 Å². The number of hydrogen-bond donors (Lipinski definition) is 0. The fourth-order valence-corrected chi connectivity index (χ4v) is 5.51. The largest absolute Gasteiger partial charge is 0.497 e. The maximum atomic E-state index is 13.5. The number of hydrogen-bond acceptors (Lipinski definition) is 4. The van der Waals surface area contributed by atoms with E-state index in [1.165, 1.54) is 0 Å². The Morgan fingerprint density at radius 1 is 0.615 bits per heavy atom. The van der Waals surface area contributed by atoms with Gasteiger partial charge in [0.2, 0.25) is 0 Å². The summed E-state index contributed by atoms with van der Waals surface area (Å²) in [5.74, 6) is 1.04. The summed E-state index contributed by atoms with van der Waals surface area (Å²) in [6.45, 7) is 2.49. The second-order valence-corrected chi connectivity index (χ2v) is 9.96. The molecule has 3 aromatic carbocycles. The van der Waals surface area contributed by atoms with Crippen molar-refractivity contribution in [3.8, 4) is 11.5 Å². The molecule has 0 heterocycles. The minimum atomic E-state index is -3.51. The predicted molar refractivity (Wildman–Crippen MR) is 108 cm³/mol. The number of rotatable bonds is 6.